The maximum absolute atomic E-state index is 9.77. The molecule has 0 bridgehead atoms. The van der Waals surface area contributed by atoms with Crippen LogP contribution in [0.3, 0.4) is 0 Å². The SMILES string of the molecule is C=CCOC(=O)[O-].C[Si](C)(C)CCOC(=O)[O-]. The van der Waals surface area contributed by atoms with Gasteiger partial charge in [0.2, 0.25) is 0 Å². The van der Waals surface area contributed by atoms with Crippen molar-refractivity contribution >= 4 is 20.4 Å². The van der Waals surface area contributed by atoms with Gasteiger partial charge in [-0.15, -0.1) is 6.58 Å². The molecule has 0 spiro atoms. The lowest BCUT2D eigenvalue weighted by Gasteiger charge is -2.17. The van der Waals surface area contributed by atoms with Gasteiger partial charge in [-0.25, -0.2) is 0 Å². The Hall–Kier alpha value is -1.50. The Morgan fingerprint density at radius 1 is 1.18 bits per heavy atom. The zero-order valence-electron chi connectivity index (χ0n) is 10.4. The highest BCUT2D eigenvalue weighted by Gasteiger charge is 2.10. The first-order chi connectivity index (χ1) is 7.69. The molecule has 6 nitrogen and oxygen atoms in total. The van der Waals surface area contributed by atoms with Crippen LogP contribution in [0.4, 0.5) is 9.59 Å². The van der Waals surface area contributed by atoms with Crippen molar-refractivity contribution in [3.63, 3.8) is 0 Å². The summed E-state index contributed by atoms with van der Waals surface area (Å²) >= 11 is 0. The van der Waals surface area contributed by atoms with Crippen molar-refractivity contribution in [1.29, 1.82) is 0 Å². The summed E-state index contributed by atoms with van der Waals surface area (Å²) in [6, 6.07) is 0.862. The quantitative estimate of drug-likeness (QED) is 0.399. The zero-order chi connectivity index (χ0) is 13.9. The van der Waals surface area contributed by atoms with Gasteiger partial charge in [0.1, 0.15) is 0 Å². The summed E-state index contributed by atoms with van der Waals surface area (Å²) in [6.07, 6.45) is -1.60. The molecule has 0 aromatic rings. The molecule has 0 atom stereocenters. The van der Waals surface area contributed by atoms with Crippen LogP contribution in [0.5, 0.6) is 0 Å². The molecule has 0 fully saturated rings. The van der Waals surface area contributed by atoms with Crippen LogP contribution in [0.25, 0.3) is 0 Å². The van der Waals surface area contributed by atoms with Crippen molar-refractivity contribution in [2.45, 2.75) is 25.7 Å². The molecule has 0 aliphatic rings. The van der Waals surface area contributed by atoms with Crippen LogP contribution in [-0.2, 0) is 9.47 Å². The van der Waals surface area contributed by atoms with Crippen LogP contribution in [0.1, 0.15) is 0 Å². The number of carboxylic acid groups (broad SMARTS) is 2. The normalized spacial score (nSPS) is 9.59. The van der Waals surface area contributed by atoms with Crippen LogP contribution in [0.2, 0.25) is 25.7 Å². The number of carbonyl (C=O) groups is 2. The molecule has 0 unspecified atom stereocenters. The molecule has 17 heavy (non-hydrogen) atoms. The van der Waals surface area contributed by atoms with E-state index < -0.39 is 20.4 Å². The average molecular weight is 262 g/mol. The fourth-order valence-electron chi connectivity index (χ4n) is 0.568. The third-order valence-electron chi connectivity index (χ3n) is 1.39. The Labute approximate surface area is 102 Å². The van der Waals surface area contributed by atoms with Gasteiger partial charge in [0.05, 0.1) is 0 Å². The number of carbonyl (C=O) groups excluding carboxylic acids is 2. The third kappa shape index (κ3) is 25.1. The van der Waals surface area contributed by atoms with Crippen LogP contribution >= 0.6 is 0 Å². The lowest BCUT2D eigenvalue weighted by Crippen LogP contribution is -2.27. The molecule has 0 radical (unpaired) electrons. The Morgan fingerprint density at radius 3 is 1.88 bits per heavy atom. The van der Waals surface area contributed by atoms with Crippen molar-refractivity contribution in [3.8, 4) is 0 Å². The van der Waals surface area contributed by atoms with Gasteiger partial charge in [-0.05, 0) is 6.04 Å². The van der Waals surface area contributed by atoms with E-state index >= 15 is 0 Å². The summed E-state index contributed by atoms with van der Waals surface area (Å²) in [7, 11) is -1.14. The summed E-state index contributed by atoms with van der Waals surface area (Å²) in [6.45, 7) is 9.98. The first kappa shape index (κ1) is 17.9. The van der Waals surface area contributed by atoms with Crippen molar-refractivity contribution in [2.75, 3.05) is 13.2 Å². The number of hydrogen-bond donors (Lipinski definition) is 0. The van der Waals surface area contributed by atoms with Gasteiger partial charge in [0.15, 0.2) is 0 Å². The lowest BCUT2D eigenvalue weighted by atomic mass is 10.7. The average Bonchev–Trinajstić information content (AvgIpc) is 2.12. The van der Waals surface area contributed by atoms with E-state index in [1.807, 2.05) is 0 Å². The summed E-state index contributed by atoms with van der Waals surface area (Å²) in [5, 5.41) is 19.1. The fraction of sp³-hybridized carbons (Fsp3) is 0.600. The minimum absolute atomic E-state index is 0.00231. The summed E-state index contributed by atoms with van der Waals surface area (Å²) in [4.78, 5) is 19.1. The maximum Gasteiger partial charge on any atom is 0.252 e. The van der Waals surface area contributed by atoms with E-state index in [1.54, 1.807) is 0 Å². The van der Waals surface area contributed by atoms with Crippen molar-refractivity contribution < 1.29 is 29.3 Å². The minimum atomic E-state index is -1.51. The molecule has 0 N–H and O–H groups in total. The smallest absolute Gasteiger partial charge is 0.252 e. The van der Waals surface area contributed by atoms with E-state index in [4.69, 9.17) is 0 Å². The second-order valence-corrected chi connectivity index (χ2v) is 9.88. The van der Waals surface area contributed by atoms with Crippen LogP contribution in [0, 0.1) is 0 Å². The second kappa shape index (κ2) is 9.70. The summed E-state index contributed by atoms with van der Waals surface area (Å²) < 4.78 is 8.14. The molecule has 0 aromatic carbocycles. The Balaban J connectivity index is 0. The molecule has 0 aliphatic heterocycles. The predicted molar refractivity (Wildman–Crippen MR) is 61.0 cm³/mol. The Kier molecular flexibility index (Phi) is 10.2. The Bertz CT molecular complexity index is 246. The monoisotopic (exact) mass is 262 g/mol. The predicted octanol–water partition coefficient (Wildman–Crippen LogP) is 0.217. The molecular formula is C10H18O6Si-2. The van der Waals surface area contributed by atoms with Gasteiger partial charge >= 0.3 is 0 Å². The number of rotatable bonds is 5. The molecule has 7 heteroatoms. The summed E-state index contributed by atoms with van der Waals surface area (Å²) in [5.74, 6) is 0. The largest absolute Gasteiger partial charge is 0.550 e. The first-order valence-electron chi connectivity index (χ1n) is 4.97. The topological polar surface area (TPSA) is 98.7 Å². The first-order valence-corrected chi connectivity index (χ1v) is 8.68. The Morgan fingerprint density at radius 2 is 1.65 bits per heavy atom. The summed E-state index contributed by atoms with van der Waals surface area (Å²) in [5.41, 5.74) is 0. The molecule has 0 saturated carbocycles. The highest BCUT2D eigenvalue weighted by atomic mass is 28.3. The van der Waals surface area contributed by atoms with Gasteiger partial charge in [-0.3, -0.25) is 0 Å². The maximum atomic E-state index is 9.77. The van der Waals surface area contributed by atoms with Crippen LogP contribution in [0.15, 0.2) is 12.7 Å². The number of ether oxygens (including phenoxy) is 2. The van der Waals surface area contributed by atoms with E-state index in [9.17, 15) is 19.8 Å². The zero-order valence-corrected chi connectivity index (χ0v) is 11.4. The van der Waals surface area contributed by atoms with E-state index in [1.165, 1.54) is 6.08 Å². The van der Waals surface area contributed by atoms with Crippen LogP contribution in [-0.4, -0.2) is 33.6 Å². The van der Waals surface area contributed by atoms with E-state index in [0.29, 0.717) is 0 Å². The molecule has 0 aromatic heterocycles. The minimum Gasteiger partial charge on any atom is -0.550 e. The molecule has 0 heterocycles. The van der Waals surface area contributed by atoms with Gasteiger partial charge < -0.3 is 29.3 Å². The highest BCUT2D eigenvalue weighted by Crippen LogP contribution is 2.06. The molecular weight excluding hydrogens is 244 g/mol. The highest BCUT2D eigenvalue weighted by molar-refractivity contribution is 6.76. The second-order valence-electron chi connectivity index (χ2n) is 4.26. The van der Waals surface area contributed by atoms with Crippen molar-refractivity contribution in [1.82, 2.24) is 0 Å². The van der Waals surface area contributed by atoms with Crippen molar-refractivity contribution in [3.05, 3.63) is 12.7 Å². The molecule has 0 aliphatic carbocycles. The molecule has 0 saturated heterocycles. The van der Waals surface area contributed by atoms with E-state index in [-0.39, 0.29) is 13.2 Å². The lowest BCUT2D eigenvalue weighted by molar-refractivity contribution is -0.282. The number of hydrogen-bond acceptors (Lipinski definition) is 6. The van der Waals surface area contributed by atoms with Gasteiger partial charge in [-0.1, -0.05) is 25.7 Å². The van der Waals surface area contributed by atoms with Gasteiger partial charge in [0.25, 0.3) is 12.3 Å². The molecule has 0 rings (SSSR count). The molecule has 100 valence electrons. The van der Waals surface area contributed by atoms with Gasteiger partial charge in [0, 0.05) is 21.3 Å². The van der Waals surface area contributed by atoms with E-state index in [0.717, 1.165) is 6.04 Å². The fourth-order valence-corrected chi connectivity index (χ4v) is 1.28. The van der Waals surface area contributed by atoms with Crippen molar-refractivity contribution in [2.24, 2.45) is 0 Å². The van der Waals surface area contributed by atoms with Crippen LogP contribution < -0.4 is 10.2 Å². The molecule has 0 amide bonds. The van der Waals surface area contributed by atoms with E-state index in [2.05, 4.69) is 35.7 Å². The standard InChI is InChI=1S/C6H14O3Si.C4H6O3/c1-10(2,3)5-4-9-6(7)8;1-2-3-7-4(5)6/h4-5H2,1-3H3,(H,7,8);2H,1,3H2,(H,5,6)/p-2. The third-order valence-corrected chi connectivity index (χ3v) is 3.10. The van der Waals surface area contributed by atoms with Gasteiger partial charge in [-0.2, -0.15) is 0 Å².